The molecule has 0 radical (unpaired) electrons. The van der Waals surface area contributed by atoms with E-state index in [1.807, 2.05) is 0 Å². The van der Waals surface area contributed by atoms with E-state index in [4.69, 9.17) is 9.52 Å². The van der Waals surface area contributed by atoms with Gasteiger partial charge in [-0.2, -0.15) is 0 Å². The predicted molar refractivity (Wildman–Crippen MR) is 74.8 cm³/mol. The molecule has 0 bridgehead atoms. The summed E-state index contributed by atoms with van der Waals surface area (Å²) in [4.78, 5) is 26.5. The molecular weight excluding hydrogens is 272 g/mol. The van der Waals surface area contributed by atoms with Crippen LogP contribution in [-0.2, 0) is 17.8 Å². The predicted octanol–water partition coefficient (Wildman–Crippen LogP) is 1.93. The molecule has 6 heteroatoms. The molecule has 0 spiro atoms. The van der Waals surface area contributed by atoms with Crippen molar-refractivity contribution in [2.24, 2.45) is 0 Å². The number of aromatic nitrogens is 1. The molecule has 0 saturated heterocycles. The maximum atomic E-state index is 11.7. The van der Waals surface area contributed by atoms with E-state index in [1.165, 1.54) is 18.5 Å². The van der Waals surface area contributed by atoms with Crippen LogP contribution in [0.4, 0.5) is 0 Å². The molecule has 110 valence electrons. The number of nitrogens with one attached hydrogen (secondary N) is 1. The molecule has 2 N–H and O–H groups in total. The van der Waals surface area contributed by atoms with Gasteiger partial charge in [-0.05, 0) is 31.0 Å². The number of hydrogen-bond acceptors (Lipinski definition) is 4. The Morgan fingerprint density at radius 3 is 2.57 bits per heavy atom. The Balaban J connectivity index is 1.78. The summed E-state index contributed by atoms with van der Waals surface area (Å²) in [5.74, 6) is -0.346. The highest BCUT2D eigenvalue weighted by Gasteiger charge is 2.07. The van der Waals surface area contributed by atoms with Crippen molar-refractivity contribution in [1.82, 2.24) is 10.3 Å². The van der Waals surface area contributed by atoms with Gasteiger partial charge >= 0.3 is 5.97 Å². The largest absolute Gasteiger partial charge is 0.478 e. The molecule has 0 fully saturated rings. The lowest BCUT2D eigenvalue weighted by atomic mass is 10.1. The molecule has 21 heavy (non-hydrogen) atoms. The molecule has 0 unspecified atom stereocenters. The quantitative estimate of drug-likeness (QED) is 0.847. The van der Waals surface area contributed by atoms with Crippen LogP contribution in [0, 0.1) is 6.92 Å². The highest BCUT2D eigenvalue weighted by molar-refractivity contribution is 5.87. The van der Waals surface area contributed by atoms with Crippen molar-refractivity contribution in [3.63, 3.8) is 0 Å². The molecule has 0 aliphatic rings. The zero-order valence-electron chi connectivity index (χ0n) is 11.6. The SMILES string of the molecule is Cc1ocnc1CNC(=O)CCc1ccc(C(=O)O)cc1. The molecule has 1 heterocycles. The zero-order chi connectivity index (χ0) is 15.2. The summed E-state index contributed by atoms with van der Waals surface area (Å²) in [6.45, 7) is 2.14. The lowest BCUT2D eigenvalue weighted by Gasteiger charge is -2.04. The molecule has 0 atom stereocenters. The third-order valence-corrected chi connectivity index (χ3v) is 3.14. The first-order chi connectivity index (χ1) is 10.1. The fourth-order valence-electron chi connectivity index (χ4n) is 1.84. The third kappa shape index (κ3) is 4.17. The summed E-state index contributed by atoms with van der Waals surface area (Å²) in [5, 5.41) is 11.6. The van der Waals surface area contributed by atoms with Crippen molar-refractivity contribution >= 4 is 11.9 Å². The molecule has 0 saturated carbocycles. The van der Waals surface area contributed by atoms with Gasteiger partial charge in [-0.3, -0.25) is 4.79 Å². The van der Waals surface area contributed by atoms with Crippen LogP contribution in [0.3, 0.4) is 0 Å². The van der Waals surface area contributed by atoms with E-state index < -0.39 is 5.97 Å². The summed E-state index contributed by atoms with van der Waals surface area (Å²) < 4.78 is 5.05. The second-order valence-electron chi connectivity index (χ2n) is 4.63. The summed E-state index contributed by atoms with van der Waals surface area (Å²) in [5.41, 5.74) is 1.88. The minimum absolute atomic E-state index is 0.0836. The maximum absolute atomic E-state index is 11.7. The Morgan fingerprint density at radius 2 is 2.00 bits per heavy atom. The van der Waals surface area contributed by atoms with Crippen LogP contribution < -0.4 is 5.32 Å². The van der Waals surface area contributed by atoms with Crippen LogP contribution >= 0.6 is 0 Å². The molecule has 0 aliphatic heterocycles. The molecule has 1 aromatic heterocycles. The Morgan fingerprint density at radius 1 is 1.29 bits per heavy atom. The first kappa shape index (κ1) is 14.8. The maximum Gasteiger partial charge on any atom is 0.335 e. The van der Waals surface area contributed by atoms with Crippen LogP contribution in [0.1, 0.15) is 33.8 Å². The Kier molecular flexibility index (Phi) is 4.71. The monoisotopic (exact) mass is 288 g/mol. The van der Waals surface area contributed by atoms with E-state index in [2.05, 4.69) is 10.3 Å². The van der Waals surface area contributed by atoms with Crippen LogP contribution in [0.5, 0.6) is 0 Å². The number of aromatic carboxylic acids is 1. The number of carbonyl (C=O) groups is 2. The lowest BCUT2D eigenvalue weighted by molar-refractivity contribution is -0.121. The molecule has 1 aromatic carbocycles. The fraction of sp³-hybridized carbons (Fsp3) is 0.267. The minimum atomic E-state index is -0.956. The third-order valence-electron chi connectivity index (χ3n) is 3.14. The van der Waals surface area contributed by atoms with Gasteiger partial charge < -0.3 is 14.8 Å². The number of amides is 1. The topological polar surface area (TPSA) is 92.4 Å². The van der Waals surface area contributed by atoms with Crippen molar-refractivity contribution in [3.8, 4) is 0 Å². The number of nitrogens with zero attached hydrogens (tertiary/aromatic N) is 1. The Hall–Kier alpha value is -2.63. The van der Waals surface area contributed by atoms with Crippen LogP contribution in [0.15, 0.2) is 35.1 Å². The van der Waals surface area contributed by atoms with Gasteiger partial charge in [0.2, 0.25) is 5.91 Å². The molecule has 1 amide bonds. The van der Waals surface area contributed by atoms with Gasteiger partial charge in [-0.25, -0.2) is 9.78 Å². The average molecular weight is 288 g/mol. The van der Waals surface area contributed by atoms with Crippen molar-refractivity contribution in [1.29, 1.82) is 0 Å². The molecule has 0 aliphatic carbocycles. The van der Waals surface area contributed by atoms with Gasteiger partial charge in [0, 0.05) is 6.42 Å². The normalized spacial score (nSPS) is 10.3. The number of benzene rings is 1. The van der Waals surface area contributed by atoms with Crippen molar-refractivity contribution in [2.45, 2.75) is 26.3 Å². The number of hydrogen-bond donors (Lipinski definition) is 2. The Labute approximate surface area is 121 Å². The average Bonchev–Trinajstić information content (AvgIpc) is 2.88. The second-order valence-corrected chi connectivity index (χ2v) is 4.63. The smallest absolute Gasteiger partial charge is 0.335 e. The van der Waals surface area contributed by atoms with Crippen molar-refractivity contribution < 1.29 is 19.1 Å². The van der Waals surface area contributed by atoms with Gasteiger partial charge in [0.25, 0.3) is 0 Å². The lowest BCUT2D eigenvalue weighted by Crippen LogP contribution is -2.23. The number of carboxylic acid groups (broad SMARTS) is 1. The van der Waals surface area contributed by atoms with E-state index >= 15 is 0 Å². The summed E-state index contributed by atoms with van der Waals surface area (Å²) >= 11 is 0. The highest BCUT2D eigenvalue weighted by atomic mass is 16.4. The number of carbonyl (C=O) groups excluding carboxylic acids is 1. The fourth-order valence-corrected chi connectivity index (χ4v) is 1.84. The highest BCUT2D eigenvalue weighted by Crippen LogP contribution is 2.07. The number of oxazole rings is 1. The van der Waals surface area contributed by atoms with Gasteiger partial charge in [0.15, 0.2) is 6.39 Å². The number of carboxylic acids is 1. The molecule has 2 rings (SSSR count). The van der Waals surface area contributed by atoms with Crippen LogP contribution in [-0.4, -0.2) is 22.0 Å². The summed E-state index contributed by atoms with van der Waals surface area (Å²) in [7, 11) is 0. The van der Waals surface area contributed by atoms with Gasteiger partial charge in [-0.1, -0.05) is 12.1 Å². The first-order valence-corrected chi connectivity index (χ1v) is 6.54. The number of aryl methyl sites for hydroxylation is 2. The Bertz CT molecular complexity index is 631. The second kappa shape index (κ2) is 6.69. The summed E-state index contributed by atoms with van der Waals surface area (Å²) in [6.07, 6.45) is 2.24. The van der Waals surface area contributed by atoms with Gasteiger partial charge in [0.05, 0.1) is 12.1 Å². The molecular formula is C15H16N2O4. The van der Waals surface area contributed by atoms with E-state index in [0.29, 0.717) is 30.8 Å². The summed E-state index contributed by atoms with van der Waals surface area (Å²) in [6, 6.07) is 6.51. The standard InChI is InChI=1S/C15H16N2O4/c1-10-13(17-9-21-10)8-16-14(18)7-4-11-2-5-12(6-3-11)15(19)20/h2-3,5-6,9H,4,7-8H2,1H3,(H,16,18)(H,19,20). The van der Waals surface area contributed by atoms with Crippen LogP contribution in [0.2, 0.25) is 0 Å². The van der Waals surface area contributed by atoms with Crippen LogP contribution in [0.25, 0.3) is 0 Å². The molecule has 6 nitrogen and oxygen atoms in total. The van der Waals surface area contributed by atoms with Crippen molar-refractivity contribution in [2.75, 3.05) is 0 Å². The van der Waals surface area contributed by atoms with E-state index in [-0.39, 0.29) is 11.5 Å². The zero-order valence-corrected chi connectivity index (χ0v) is 11.6. The van der Waals surface area contributed by atoms with Gasteiger partial charge in [0.1, 0.15) is 11.5 Å². The van der Waals surface area contributed by atoms with E-state index in [9.17, 15) is 9.59 Å². The van der Waals surface area contributed by atoms with E-state index in [0.717, 1.165) is 5.56 Å². The first-order valence-electron chi connectivity index (χ1n) is 6.54. The number of rotatable bonds is 6. The minimum Gasteiger partial charge on any atom is -0.478 e. The van der Waals surface area contributed by atoms with Crippen molar-refractivity contribution in [3.05, 3.63) is 53.2 Å². The molecule has 2 aromatic rings. The van der Waals surface area contributed by atoms with Gasteiger partial charge in [-0.15, -0.1) is 0 Å². The van der Waals surface area contributed by atoms with E-state index in [1.54, 1.807) is 19.1 Å².